The number of likely N-dealkylation sites (N-methyl/N-ethyl adjacent to an activating group) is 1. The molecule has 8 nitrogen and oxygen atoms in total. The summed E-state index contributed by atoms with van der Waals surface area (Å²) >= 11 is 0. The summed E-state index contributed by atoms with van der Waals surface area (Å²) in [4.78, 5) is 38.0. The minimum Gasteiger partial charge on any atom is -0.475 e. The van der Waals surface area contributed by atoms with Crippen molar-refractivity contribution >= 4 is 18.0 Å². The van der Waals surface area contributed by atoms with E-state index in [0.29, 0.717) is 18.6 Å². The molecule has 0 spiro atoms. The fourth-order valence-electron chi connectivity index (χ4n) is 4.60. The van der Waals surface area contributed by atoms with E-state index in [-0.39, 0.29) is 30.7 Å². The number of alkyl carbamates (subject to hydrolysis) is 1. The second-order valence-electron chi connectivity index (χ2n) is 8.76. The number of ether oxygens (including phenoxy) is 1. The Kier molecular flexibility index (Phi) is 5.36. The molecule has 174 valence electrons. The van der Waals surface area contributed by atoms with Crippen molar-refractivity contribution in [1.82, 2.24) is 10.2 Å². The largest absolute Gasteiger partial charge is 0.475 e. The molecule has 2 aliphatic carbocycles. The molecular formula is C26H24N2O6. The SMILES string of the molecule is CN(Cc1ccc(C(=O)O)o1)C(=O)C1(NC(=O)OCC2c3ccccc3-c3ccccc32)CC1. The van der Waals surface area contributed by atoms with E-state index in [4.69, 9.17) is 14.3 Å². The van der Waals surface area contributed by atoms with Gasteiger partial charge in [-0.05, 0) is 47.2 Å². The predicted octanol–water partition coefficient (Wildman–Crippen LogP) is 4.01. The molecule has 0 radical (unpaired) electrons. The van der Waals surface area contributed by atoms with E-state index in [1.54, 1.807) is 7.05 Å². The summed E-state index contributed by atoms with van der Waals surface area (Å²) in [5.41, 5.74) is 3.53. The summed E-state index contributed by atoms with van der Waals surface area (Å²) in [5.74, 6) is -1.34. The van der Waals surface area contributed by atoms with Crippen LogP contribution >= 0.6 is 0 Å². The first kappa shape index (κ1) is 21.8. The first-order chi connectivity index (χ1) is 16.4. The summed E-state index contributed by atoms with van der Waals surface area (Å²) in [6.45, 7) is 0.268. The number of rotatable bonds is 7. The van der Waals surface area contributed by atoms with Gasteiger partial charge < -0.3 is 24.5 Å². The topological polar surface area (TPSA) is 109 Å². The third kappa shape index (κ3) is 3.91. The molecule has 0 atom stereocenters. The Labute approximate surface area is 196 Å². The average Bonchev–Trinajstić information content (AvgIpc) is 3.32. The highest BCUT2D eigenvalue weighted by atomic mass is 16.5. The highest BCUT2D eigenvalue weighted by Gasteiger charge is 2.53. The molecule has 2 aromatic carbocycles. The number of carbonyl (C=O) groups excluding carboxylic acids is 2. The highest BCUT2D eigenvalue weighted by Crippen LogP contribution is 2.44. The normalized spacial score (nSPS) is 15.2. The molecule has 5 rings (SSSR count). The van der Waals surface area contributed by atoms with E-state index in [0.717, 1.165) is 22.3 Å². The Morgan fingerprint density at radius 2 is 1.65 bits per heavy atom. The van der Waals surface area contributed by atoms with Gasteiger partial charge in [-0.15, -0.1) is 0 Å². The van der Waals surface area contributed by atoms with E-state index < -0.39 is 17.6 Å². The summed E-state index contributed by atoms with van der Waals surface area (Å²) in [6.07, 6.45) is 0.393. The fourth-order valence-corrected chi connectivity index (χ4v) is 4.60. The molecular weight excluding hydrogens is 436 g/mol. The van der Waals surface area contributed by atoms with E-state index >= 15 is 0 Å². The lowest BCUT2D eigenvalue weighted by Gasteiger charge is -2.24. The molecule has 34 heavy (non-hydrogen) atoms. The lowest BCUT2D eigenvalue weighted by atomic mass is 9.98. The van der Waals surface area contributed by atoms with Gasteiger partial charge >= 0.3 is 12.1 Å². The molecule has 0 saturated heterocycles. The average molecular weight is 460 g/mol. The van der Waals surface area contributed by atoms with Gasteiger partial charge in [0.1, 0.15) is 17.9 Å². The number of carboxylic acid groups (broad SMARTS) is 1. The van der Waals surface area contributed by atoms with Gasteiger partial charge in [-0.1, -0.05) is 48.5 Å². The van der Waals surface area contributed by atoms with Gasteiger partial charge in [0, 0.05) is 13.0 Å². The van der Waals surface area contributed by atoms with Crippen molar-refractivity contribution in [3.63, 3.8) is 0 Å². The van der Waals surface area contributed by atoms with Crippen LogP contribution in [0.15, 0.2) is 65.1 Å². The fraction of sp³-hybridized carbons (Fsp3) is 0.269. The van der Waals surface area contributed by atoms with Crippen LogP contribution in [0.5, 0.6) is 0 Å². The van der Waals surface area contributed by atoms with Crippen molar-refractivity contribution < 1.29 is 28.6 Å². The third-order valence-corrected chi connectivity index (χ3v) is 6.46. The van der Waals surface area contributed by atoms with Gasteiger partial charge in [-0.3, -0.25) is 4.79 Å². The van der Waals surface area contributed by atoms with E-state index in [1.165, 1.54) is 17.0 Å². The van der Waals surface area contributed by atoms with Crippen LogP contribution in [0.2, 0.25) is 0 Å². The number of benzene rings is 2. The number of carbonyl (C=O) groups is 3. The molecule has 1 heterocycles. The molecule has 2 amide bonds. The number of nitrogens with zero attached hydrogens (tertiary/aromatic N) is 1. The predicted molar refractivity (Wildman–Crippen MR) is 122 cm³/mol. The van der Waals surface area contributed by atoms with Gasteiger partial charge in [-0.25, -0.2) is 9.59 Å². The maximum absolute atomic E-state index is 13.0. The molecule has 0 aliphatic heterocycles. The van der Waals surface area contributed by atoms with E-state index in [9.17, 15) is 14.4 Å². The first-order valence-corrected chi connectivity index (χ1v) is 11.1. The van der Waals surface area contributed by atoms with Gasteiger partial charge in [0.2, 0.25) is 11.7 Å². The quantitative estimate of drug-likeness (QED) is 0.552. The number of amides is 2. The molecule has 1 fully saturated rings. The second-order valence-corrected chi connectivity index (χ2v) is 8.76. The molecule has 1 aromatic heterocycles. The second kappa shape index (κ2) is 8.37. The van der Waals surface area contributed by atoms with Crippen LogP contribution in [0.3, 0.4) is 0 Å². The molecule has 1 saturated carbocycles. The van der Waals surface area contributed by atoms with Crippen LogP contribution in [-0.2, 0) is 16.1 Å². The minimum atomic E-state index is -1.17. The van der Waals surface area contributed by atoms with Crippen LogP contribution < -0.4 is 5.32 Å². The Hall–Kier alpha value is -4.07. The summed E-state index contributed by atoms with van der Waals surface area (Å²) in [5, 5.41) is 11.7. The van der Waals surface area contributed by atoms with Gasteiger partial charge in [0.15, 0.2) is 0 Å². The van der Waals surface area contributed by atoms with E-state index in [1.807, 2.05) is 36.4 Å². The summed E-state index contributed by atoms with van der Waals surface area (Å²) in [7, 11) is 1.59. The van der Waals surface area contributed by atoms with Gasteiger partial charge in [-0.2, -0.15) is 0 Å². The minimum absolute atomic E-state index is 0.0611. The van der Waals surface area contributed by atoms with Crippen molar-refractivity contribution in [2.45, 2.75) is 30.8 Å². The number of hydrogen-bond donors (Lipinski definition) is 2. The molecule has 0 bridgehead atoms. The number of furan rings is 1. The Morgan fingerprint density at radius 1 is 1.03 bits per heavy atom. The number of hydrogen-bond acceptors (Lipinski definition) is 5. The maximum atomic E-state index is 13.0. The zero-order valence-corrected chi connectivity index (χ0v) is 18.6. The lowest BCUT2D eigenvalue weighted by molar-refractivity contribution is -0.133. The number of aromatic carboxylic acids is 1. The van der Waals surface area contributed by atoms with E-state index in [2.05, 4.69) is 17.4 Å². The lowest BCUT2D eigenvalue weighted by Crippen LogP contribution is -2.49. The molecule has 2 aliphatic rings. The van der Waals surface area contributed by atoms with Crippen LogP contribution in [-0.4, -0.2) is 47.2 Å². The number of fused-ring (bicyclic) bond motifs is 3. The third-order valence-electron chi connectivity index (χ3n) is 6.46. The molecule has 3 aromatic rings. The summed E-state index contributed by atoms with van der Waals surface area (Å²) in [6, 6.07) is 19.0. The summed E-state index contributed by atoms with van der Waals surface area (Å²) < 4.78 is 10.8. The van der Waals surface area contributed by atoms with Gasteiger partial charge in [0.05, 0.1) is 6.54 Å². The van der Waals surface area contributed by atoms with Crippen LogP contribution in [0, 0.1) is 0 Å². The Bertz CT molecular complexity index is 1230. The van der Waals surface area contributed by atoms with Crippen molar-refractivity contribution in [2.24, 2.45) is 0 Å². The Balaban J connectivity index is 1.21. The van der Waals surface area contributed by atoms with Crippen LogP contribution in [0.25, 0.3) is 11.1 Å². The monoisotopic (exact) mass is 460 g/mol. The van der Waals surface area contributed by atoms with Crippen molar-refractivity contribution in [3.8, 4) is 11.1 Å². The molecule has 8 heteroatoms. The maximum Gasteiger partial charge on any atom is 0.408 e. The van der Waals surface area contributed by atoms with Crippen molar-refractivity contribution in [2.75, 3.05) is 13.7 Å². The molecule has 2 N–H and O–H groups in total. The number of carboxylic acids is 1. The molecule has 0 unspecified atom stereocenters. The highest BCUT2D eigenvalue weighted by molar-refractivity contribution is 5.92. The smallest absolute Gasteiger partial charge is 0.408 e. The van der Waals surface area contributed by atoms with Crippen LogP contribution in [0.4, 0.5) is 4.79 Å². The zero-order valence-electron chi connectivity index (χ0n) is 18.6. The first-order valence-electron chi connectivity index (χ1n) is 11.1. The van der Waals surface area contributed by atoms with Crippen molar-refractivity contribution in [3.05, 3.63) is 83.3 Å². The number of nitrogens with one attached hydrogen (secondary N) is 1. The zero-order chi connectivity index (χ0) is 23.9. The van der Waals surface area contributed by atoms with Gasteiger partial charge in [0.25, 0.3) is 0 Å². The van der Waals surface area contributed by atoms with Crippen LogP contribution in [0.1, 0.15) is 46.2 Å². The Morgan fingerprint density at radius 3 is 2.21 bits per heavy atom. The van der Waals surface area contributed by atoms with Crippen molar-refractivity contribution in [1.29, 1.82) is 0 Å². The standard InChI is InChI=1S/C26H24N2O6/c1-28(14-16-10-11-22(34-16)23(29)30)24(31)26(12-13-26)27-25(32)33-15-21-19-8-4-2-6-17(19)18-7-3-5-9-20(18)21/h2-11,21H,12-15H2,1H3,(H,27,32)(H,29,30).